The summed E-state index contributed by atoms with van der Waals surface area (Å²) in [6.45, 7) is 0.313. The maximum Gasteiger partial charge on any atom is 0.358 e. The Bertz CT molecular complexity index is 649. The van der Waals surface area contributed by atoms with E-state index in [0.717, 1.165) is 5.56 Å². The number of benzene rings is 1. The Balaban J connectivity index is 2.58. The van der Waals surface area contributed by atoms with Crippen LogP contribution < -0.4 is 9.47 Å². The minimum atomic E-state index is -1.16. The van der Waals surface area contributed by atoms with E-state index in [4.69, 9.17) is 23.8 Å². The number of carboxylic acids is 1. The lowest BCUT2D eigenvalue weighted by Crippen LogP contribution is -1.98. The SMILES string of the molecule is COCc1cc(OC)cc(-c2cc(C(=O)O)no2)c1OC. The lowest BCUT2D eigenvalue weighted by Gasteiger charge is -2.13. The average molecular weight is 293 g/mol. The second kappa shape index (κ2) is 6.27. The van der Waals surface area contributed by atoms with E-state index in [1.54, 1.807) is 19.2 Å². The number of carboxylic acid groups (broad SMARTS) is 1. The van der Waals surface area contributed by atoms with Crippen molar-refractivity contribution in [1.82, 2.24) is 5.16 Å². The molecule has 0 saturated carbocycles. The van der Waals surface area contributed by atoms with Gasteiger partial charge in [-0.15, -0.1) is 0 Å². The first kappa shape index (κ1) is 14.9. The Morgan fingerprint density at radius 1 is 1.24 bits per heavy atom. The maximum absolute atomic E-state index is 10.9. The number of rotatable bonds is 6. The molecular formula is C14H15NO6. The lowest BCUT2D eigenvalue weighted by molar-refractivity contribution is 0.0686. The van der Waals surface area contributed by atoms with Crippen molar-refractivity contribution in [3.8, 4) is 22.8 Å². The number of carbonyl (C=O) groups is 1. The minimum absolute atomic E-state index is 0.178. The summed E-state index contributed by atoms with van der Waals surface area (Å²) in [4.78, 5) is 10.9. The molecule has 7 heteroatoms. The fourth-order valence-electron chi connectivity index (χ4n) is 1.97. The summed E-state index contributed by atoms with van der Waals surface area (Å²) in [5.41, 5.74) is 1.12. The van der Waals surface area contributed by atoms with Crippen molar-refractivity contribution >= 4 is 5.97 Å². The van der Waals surface area contributed by atoms with Crippen LogP contribution >= 0.6 is 0 Å². The van der Waals surface area contributed by atoms with Crippen LogP contribution in [0.25, 0.3) is 11.3 Å². The van der Waals surface area contributed by atoms with Gasteiger partial charge in [0.15, 0.2) is 11.5 Å². The van der Waals surface area contributed by atoms with E-state index in [0.29, 0.717) is 23.7 Å². The van der Waals surface area contributed by atoms with Crippen molar-refractivity contribution < 1.29 is 28.6 Å². The molecule has 0 unspecified atom stereocenters. The highest BCUT2D eigenvalue weighted by molar-refractivity contribution is 5.87. The Labute approximate surface area is 121 Å². The van der Waals surface area contributed by atoms with Crippen LogP contribution in [0, 0.1) is 0 Å². The molecule has 0 spiro atoms. The third-order valence-electron chi connectivity index (χ3n) is 2.87. The Morgan fingerprint density at radius 2 is 2.00 bits per heavy atom. The molecule has 0 atom stereocenters. The van der Waals surface area contributed by atoms with Crippen molar-refractivity contribution in [2.24, 2.45) is 0 Å². The molecule has 0 fully saturated rings. The van der Waals surface area contributed by atoms with E-state index < -0.39 is 5.97 Å². The van der Waals surface area contributed by atoms with Crippen LogP contribution in [0.1, 0.15) is 16.1 Å². The van der Waals surface area contributed by atoms with Crippen molar-refractivity contribution in [2.75, 3.05) is 21.3 Å². The van der Waals surface area contributed by atoms with E-state index in [-0.39, 0.29) is 11.5 Å². The molecule has 7 nitrogen and oxygen atoms in total. The third-order valence-corrected chi connectivity index (χ3v) is 2.87. The van der Waals surface area contributed by atoms with Crippen LogP contribution in [0.2, 0.25) is 0 Å². The minimum Gasteiger partial charge on any atom is -0.497 e. The molecule has 2 aromatic rings. The molecule has 2 rings (SSSR count). The summed E-state index contributed by atoms with van der Waals surface area (Å²) in [6.07, 6.45) is 0. The molecule has 1 N–H and O–H groups in total. The number of ether oxygens (including phenoxy) is 3. The van der Waals surface area contributed by atoms with E-state index in [1.807, 2.05) is 0 Å². The molecule has 1 heterocycles. The van der Waals surface area contributed by atoms with Gasteiger partial charge in [-0.2, -0.15) is 0 Å². The monoisotopic (exact) mass is 293 g/mol. The van der Waals surface area contributed by atoms with Crippen molar-refractivity contribution in [3.05, 3.63) is 29.5 Å². The van der Waals surface area contributed by atoms with Gasteiger partial charge in [-0.25, -0.2) is 4.79 Å². The molecule has 112 valence electrons. The van der Waals surface area contributed by atoms with Gasteiger partial charge in [0.25, 0.3) is 0 Å². The first-order valence-corrected chi connectivity index (χ1v) is 6.05. The molecule has 0 saturated heterocycles. The van der Waals surface area contributed by atoms with Crippen LogP contribution in [0.15, 0.2) is 22.7 Å². The predicted octanol–water partition coefficient (Wildman–Crippen LogP) is 2.20. The summed E-state index contributed by atoms with van der Waals surface area (Å²) in [5, 5.41) is 12.4. The molecule has 0 amide bonds. The summed E-state index contributed by atoms with van der Waals surface area (Å²) in [7, 11) is 4.61. The molecule has 0 aliphatic carbocycles. The van der Waals surface area contributed by atoms with Crippen LogP contribution in [0.5, 0.6) is 11.5 Å². The first-order chi connectivity index (χ1) is 10.1. The predicted molar refractivity (Wildman–Crippen MR) is 72.7 cm³/mol. The smallest absolute Gasteiger partial charge is 0.358 e. The molecule has 1 aromatic carbocycles. The zero-order valence-corrected chi connectivity index (χ0v) is 11.9. The number of methoxy groups -OCH3 is 3. The van der Waals surface area contributed by atoms with Gasteiger partial charge < -0.3 is 23.8 Å². The quantitative estimate of drug-likeness (QED) is 0.872. The molecule has 0 aliphatic heterocycles. The second-order valence-corrected chi connectivity index (χ2v) is 4.18. The summed E-state index contributed by atoms with van der Waals surface area (Å²) in [5.74, 6) is 0.210. The van der Waals surface area contributed by atoms with Crippen LogP contribution in [0.4, 0.5) is 0 Å². The van der Waals surface area contributed by atoms with Crippen molar-refractivity contribution in [2.45, 2.75) is 6.61 Å². The molecular weight excluding hydrogens is 278 g/mol. The summed E-state index contributed by atoms with van der Waals surface area (Å²) < 4.78 is 20.8. The standard InChI is InChI=1S/C14H15NO6/c1-18-7-8-4-9(19-2)5-10(13(8)20-3)12-6-11(14(16)17)15-21-12/h4-6H,7H2,1-3H3,(H,16,17). The van der Waals surface area contributed by atoms with Gasteiger partial charge in [0.2, 0.25) is 0 Å². The lowest BCUT2D eigenvalue weighted by atomic mass is 10.1. The highest BCUT2D eigenvalue weighted by Gasteiger charge is 2.19. The number of nitrogens with zero attached hydrogens (tertiary/aromatic N) is 1. The van der Waals surface area contributed by atoms with Crippen LogP contribution in [-0.4, -0.2) is 37.6 Å². The molecule has 0 radical (unpaired) electrons. The Hall–Kier alpha value is -2.54. The molecule has 1 aromatic heterocycles. The van der Waals surface area contributed by atoms with Gasteiger partial charge in [-0.1, -0.05) is 5.16 Å². The summed E-state index contributed by atoms with van der Waals surface area (Å²) in [6, 6.07) is 4.79. The highest BCUT2D eigenvalue weighted by atomic mass is 16.5. The fourth-order valence-corrected chi connectivity index (χ4v) is 1.97. The van der Waals surface area contributed by atoms with E-state index in [1.165, 1.54) is 20.3 Å². The molecule has 21 heavy (non-hydrogen) atoms. The van der Waals surface area contributed by atoms with Gasteiger partial charge in [-0.3, -0.25) is 0 Å². The average Bonchev–Trinajstić information content (AvgIpc) is 2.96. The molecule has 0 aliphatic rings. The topological polar surface area (TPSA) is 91.0 Å². The van der Waals surface area contributed by atoms with Crippen LogP contribution in [0.3, 0.4) is 0 Å². The van der Waals surface area contributed by atoms with Gasteiger partial charge >= 0.3 is 5.97 Å². The normalized spacial score (nSPS) is 10.4. The van der Waals surface area contributed by atoms with E-state index in [2.05, 4.69) is 5.16 Å². The fraction of sp³-hybridized carbons (Fsp3) is 0.286. The van der Waals surface area contributed by atoms with Gasteiger partial charge in [0.05, 0.1) is 26.4 Å². The highest BCUT2D eigenvalue weighted by Crippen LogP contribution is 2.37. The van der Waals surface area contributed by atoms with E-state index in [9.17, 15) is 4.79 Å². The molecule has 0 bridgehead atoms. The third kappa shape index (κ3) is 2.97. The number of hydrogen-bond donors (Lipinski definition) is 1. The van der Waals surface area contributed by atoms with E-state index >= 15 is 0 Å². The summed E-state index contributed by atoms with van der Waals surface area (Å²) >= 11 is 0. The Kier molecular flexibility index (Phi) is 4.44. The van der Waals surface area contributed by atoms with Crippen molar-refractivity contribution in [3.63, 3.8) is 0 Å². The number of hydrogen-bond acceptors (Lipinski definition) is 6. The second-order valence-electron chi connectivity index (χ2n) is 4.18. The Morgan fingerprint density at radius 3 is 2.52 bits per heavy atom. The first-order valence-electron chi connectivity index (χ1n) is 6.05. The zero-order chi connectivity index (χ0) is 15.4. The van der Waals surface area contributed by atoms with Gasteiger partial charge in [0, 0.05) is 18.7 Å². The van der Waals surface area contributed by atoms with Crippen molar-refractivity contribution in [1.29, 1.82) is 0 Å². The number of aromatic carboxylic acids is 1. The van der Waals surface area contributed by atoms with Gasteiger partial charge in [-0.05, 0) is 12.1 Å². The number of aromatic nitrogens is 1. The van der Waals surface area contributed by atoms with Crippen LogP contribution in [-0.2, 0) is 11.3 Å². The maximum atomic E-state index is 10.9. The largest absolute Gasteiger partial charge is 0.497 e. The zero-order valence-electron chi connectivity index (χ0n) is 11.9. The van der Waals surface area contributed by atoms with Gasteiger partial charge in [0.1, 0.15) is 11.5 Å².